The van der Waals surface area contributed by atoms with E-state index < -0.39 is 10.0 Å². The van der Waals surface area contributed by atoms with Crippen molar-refractivity contribution < 1.29 is 22.0 Å². The van der Waals surface area contributed by atoms with Crippen molar-refractivity contribution in [1.29, 1.82) is 0 Å². The highest BCUT2D eigenvalue weighted by Crippen LogP contribution is 2.23. The molecular formula is C15H15N3O5S. The molecule has 0 spiro atoms. The Morgan fingerprint density at radius 3 is 2.46 bits per heavy atom. The lowest BCUT2D eigenvalue weighted by molar-refractivity contribution is 0.414. The number of nitrogens with zero attached hydrogens (tertiary/aromatic N) is 2. The van der Waals surface area contributed by atoms with Crippen LogP contribution in [0.1, 0.15) is 11.5 Å². The minimum atomic E-state index is -3.79. The van der Waals surface area contributed by atoms with Gasteiger partial charge < -0.3 is 13.6 Å². The van der Waals surface area contributed by atoms with Crippen molar-refractivity contribution in [1.82, 2.24) is 14.9 Å². The maximum Gasteiger partial charge on any atom is 0.283 e. The SMILES string of the molecule is COc1ccc(CNS(=O)(=O)c2ccc(-c3nnc(C)o3)o2)cc1. The average Bonchev–Trinajstić information content (AvgIpc) is 3.22. The van der Waals surface area contributed by atoms with Crippen LogP contribution in [0.5, 0.6) is 5.75 Å². The molecule has 0 aliphatic rings. The Morgan fingerprint density at radius 1 is 1.08 bits per heavy atom. The quantitative estimate of drug-likeness (QED) is 0.726. The van der Waals surface area contributed by atoms with E-state index in [9.17, 15) is 8.42 Å². The van der Waals surface area contributed by atoms with Gasteiger partial charge in [0.15, 0.2) is 5.76 Å². The summed E-state index contributed by atoms with van der Waals surface area (Å²) in [5.74, 6) is 1.39. The first-order valence-electron chi connectivity index (χ1n) is 7.01. The Bertz CT molecular complexity index is 928. The van der Waals surface area contributed by atoms with Gasteiger partial charge in [0.25, 0.3) is 15.9 Å². The number of hydrogen-bond donors (Lipinski definition) is 1. The molecule has 126 valence electrons. The molecule has 0 radical (unpaired) electrons. The zero-order chi connectivity index (χ0) is 17.2. The third-order valence-electron chi connectivity index (χ3n) is 3.21. The largest absolute Gasteiger partial charge is 0.497 e. The van der Waals surface area contributed by atoms with E-state index in [1.165, 1.54) is 12.1 Å². The number of nitrogens with one attached hydrogen (secondary N) is 1. The highest BCUT2D eigenvalue weighted by molar-refractivity contribution is 7.89. The maximum atomic E-state index is 12.3. The van der Waals surface area contributed by atoms with Crippen LogP contribution in [-0.2, 0) is 16.6 Å². The van der Waals surface area contributed by atoms with Crippen molar-refractivity contribution in [3.63, 3.8) is 0 Å². The van der Waals surface area contributed by atoms with Gasteiger partial charge in [0.1, 0.15) is 5.75 Å². The summed E-state index contributed by atoms with van der Waals surface area (Å²) in [5, 5.41) is 7.24. The molecule has 3 rings (SSSR count). The first-order chi connectivity index (χ1) is 11.5. The summed E-state index contributed by atoms with van der Waals surface area (Å²) >= 11 is 0. The monoisotopic (exact) mass is 349 g/mol. The molecule has 2 heterocycles. The first-order valence-corrected chi connectivity index (χ1v) is 8.49. The molecule has 24 heavy (non-hydrogen) atoms. The molecule has 0 aliphatic carbocycles. The summed E-state index contributed by atoms with van der Waals surface area (Å²) in [5.41, 5.74) is 0.790. The molecule has 0 aliphatic heterocycles. The van der Waals surface area contributed by atoms with Gasteiger partial charge in [-0.2, -0.15) is 0 Å². The third-order valence-corrected chi connectivity index (χ3v) is 4.48. The number of ether oxygens (including phenoxy) is 1. The lowest BCUT2D eigenvalue weighted by atomic mass is 10.2. The number of methoxy groups -OCH3 is 1. The Hall–Kier alpha value is -2.65. The van der Waals surface area contributed by atoms with Gasteiger partial charge in [-0.1, -0.05) is 12.1 Å². The molecule has 0 fully saturated rings. The van der Waals surface area contributed by atoms with E-state index in [-0.39, 0.29) is 23.3 Å². The average molecular weight is 349 g/mol. The van der Waals surface area contributed by atoms with Crippen LogP contribution in [0.4, 0.5) is 0 Å². The molecular weight excluding hydrogens is 334 g/mol. The van der Waals surface area contributed by atoms with Crippen molar-refractivity contribution in [3.05, 3.63) is 47.9 Å². The number of aryl methyl sites for hydroxylation is 1. The number of aromatic nitrogens is 2. The summed E-state index contributed by atoms with van der Waals surface area (Å²) in [4.78, 5) is 0. The van der Waals surface area contributed by atoms with Gasteiger partial charge in [-0.15, -0.1) is 10.2 Å². The van der Waals surface area contributed by atoms with E-state index in [0.29, 0.717) is 11.6 Å². The number of sulfonamides is 1. The molecule has 0 atom stereocenters. The molecule has 1 N–H and O–H groups in total. The van der Waals surface area contributed by atoms with Crippen molar-refractivity contribution in [2.24, 2.45) is 0 Å². The van der Waals surface area contributed by atoms with Crippen molar-refractivity contribution in [2.45, 2.75) is 18.6 Å². The Kier molecular flexibility index (Phi) is 4.36. The topological polar surface area (TPSA) is 107 Å². The second-order valence-corrected chi connectivity index (χ2v) is 6.62. The van der Waals surface area contributed by atoms with Crippen LogP contribution in [0.2, 0.25) is 0 Å². The van der Waals surface area contributed by atoms with Crippen LogP contribution >= 0.6 is 0 Å². The second kappa shape index (κ2) is 6.46. The summed E-state index contributed by atoms with van der Waals surface area (Å²) in [6, 6.07) is 9.87. The predicted octanol–water partition coefficient (Wildman–Crippen LogP) is 2.13. The van der Waals surface area contributed by atoms with Crippen LogP contribution in [0.3, 0.4) is 0 Å². The first kappa shape index (κ1) is 16.2. The lowest BCUT2D eigenvalue weighted by Crippen LogP contribution is -2.22. The zero-order valence-corrected chi connectivity index (χ0v) is 13.8. The summed E-state index contributed by atoms with van der Waals surface area (Å²) in [7, 11) is -2.23. The van der Waals surface area contributed by atoms with Crippen LogP contribution in [0, 0.1) is 6.92 Å². The van der Waals surface area contributed by atoms with Crippen LogP contribution in [0.25, 0.3) is 11.7 Å². The van der Waals surface area contributed by atoms with Crippen molar-refractivity contribution >= 4 is 10.0 Å². The fraction of sp³-hybridized carbons (Fsp3) is 0.200. The number of rotatable bonds is 6. The van der Waals surface area contributed by atoms with Gasteiger partial charge >= 0.3 is 0 Å². The van der Waals surface area contributed by atoms with E-state index in [1.807, 2.05) is 0 Å². The van der Waals surface area contributed by atoms with E-state index in [0.717, 1.165) is 5.56 Å². The highest BCUT2D eigenvalue weighted by Gasteiger charge is 2.21. The Balaban J connectivity index is 1.72. The molecule has 9 heteroatoms. The van der Waals surface area contributed by atoms with E-state index in [4.69, 9.17) is 13.6 Å². The van der Waals surface area contributed by atoms with Crippen LogP contribution in [0.15, 0.2) is 50.3 Å². The molecule has 0 saturated carbocycles. The zero-order valence-electron chi connectivity index (χ0n) is 13.0. The van der Waals surface area contributed by atoms with E-state index in [1.54, 1.807) is 38.3 Å². The third kappa shape index (κ3) is 3.47. The van der Waals surface area contributed by atoms with Gasteiger partial charge in [0.05, 0.1) is 7.11 Å². The van der Waals surface area contributed by atoms with Gasteiger partial charge in [0.2, 0.25) is 11.0 Å². The number of benzene rings is 1. The second-order valence-electron chi connectivity index (χ2n) is 4.92. The summed E-state index contributed by atoms with van der Waals surface area (Å²) in [6.07, 6.45) is 0. The fourth-order valence-electron chi connectivity index (χ4n) is 1.97. The minimum absolute atomic E-state index is 0.127. The standard InChI is InChI=1S/C15H15N3O5S/c1-10-17-18-15(22-10)13-7-8-14(23-13)24(19,20)16-9-11-3-5-12(21-2)6-4-11/h3-8,16H,9H2,1-2H3. The lowest BCUT2D eigenvalue weighted by Gasteiger charge is -2.05. The molecule has 1 aromatic carbocycles. The van der Waals surface area contributed by atoms with E-state index in [2.05, 4.69) is 14.9 Å². The molecule has 0 saturated heterocycles. The molecule has 0 unspecified atom stereocenters. The van der Waals surface area contributed by atoms with Crippen molar-refractivity contribution in [2.75, 3.05) is 7.11 Å². The highest BCUT2D eigenvalue weighted by atomic mass is 32.2. The predicted molar refractivity (Wildman–Crippen MR) is 83.8 cm³/mol. The fourth-order valence-corrected chi connectivity index (χ4v) is 2.91. The molecule has 3 aromatic rings. The van der Waals surface area contributed by atoms with Crippen molar-refractivity contribution in [3.8, 4) is 17.4 Å². The molecule has 8 nitrogen and oxygen atoms in total. The van der Waals surface area contributed by atoms with Crippen LogP contribution < -0.4 is 9.46 Å². The number of furan rings is 1. The van der Waals surface area contributed by atoms with Gasteiger partial charge in [-0.05, 0) is 29.8 Å². The smallest absolute Gasteiger partial charge is 0.283 e. The Labute approximate surface area is 138 Å². The Morgan fingerprint density at radius 2 is 1.83 bits per heavy atom. The van der Waals surface area contributed by atoms with Gasteiger partial charge in [-0.25, -0.2) is 13.1 Å². The van der Waals surface area contributed by atoms with Gasteiger partial charge in [0, 0.05) is 13.5 Å². The van der Waals surface area contributed by atoms with Gasteiger partial charge in [-0.3, -0.25) is 0 Å². The van der Waals surface area contributed by atoms with Crippen LogP contribution in [-0.4, -0.2) is 25.7 Å². The van der Waals surface area contributed by atoms with E-state index >= 15 is 0 Å². The molecule has 0 bridgehead atoms. The summed E-state index contributed by atoms with van der Waals surface area (Å²) in [6.45, 7) is 1.76. The minimum Gasteiger partial charge on any atom is -0.497 e. The maximum absolute atomic E-state index is 12.3. The summed E-state index contributed by atoms with van der Waals surface area (Å²) < 4.78 is 42.6. The molecule has 2 aromatic heterocycles. The number of hydrogen-bond acceptors (Lipinski definition) is 7. The normalized spacial score (nSPS) is 11.6. The molecule has 0 amide bonds.